The second-order valence-corrected chi connectivity index (χ2v) is 3.52. The molecule has 0 bridgehead atoms. The Balaban J connectivity index is 2.51. The van der Waals surface area contributed by atoms with Gasteiger partial charge in [-0.15, -0.1) is 0 Å². The first kappa shape index (κ1) is 9.01. The summed E-state index contributed by atoms with van der Waals surface area (Å²) < 4.78 is 11.0. The molecule has 1 aliphatic rings. The Bertz CT molecular complexity index is 125. The van der Waals surface area contributed by atoms with Crippen molar-refractivity contribution in [2.24, 2.45) is 5.92 Å². The molecule has 0 aromatic carbocycles. The zero-order valence-electron chi connectivity index (χ0n) is 7.83. The van der Waals surface area contributed by atoms with Crippen molar-refractivity contribution in [1.82, 2.24) is 0 Å². The van der Waals surface area contributed by atoms with Crippen LogP contribution < -0.4 is 0 Å². The second kappa shape index (κ2) is 3.55. The predicted molar refractivity (Wildman–Crippen MR) is 44.6 cm³/mol. The molecule has 0 aromatic heterocycles. The summed E-state index contributed by atoms with van der Waals surface area (Å²) in [4.78, 5) is 0. The summed E-state index contributed by atoms with van der Waals surface area (Å²) in [6.07, 6.45) is 2.10. The van der Waals surface area contributed by atoms with Gasteiger partial charge in [0, 0.05) is 13.0 Å². The van der Waals surface area contributed by atoms with E-state index in [0.29, 0.717) is 24.2 Å². The summed E-state index contributed by atoms with van der Waals surface area (Å²) in [5, 5.41) is 0. The second-order valence-electron chi connectivity index (χ2n) is 3.52. The smallest absolute Gasteiger partial charge is 0.0646 e. The van der Waals surface area contributed by atoms with Crippen LogP contribution in [0.15, 0.2) is 0 Å². The van der Waals surface area contributed by atoms with Crippen LogP contribution in [-0.2, 0) is 9.47 Å². The summed E-state index contributed by atoms with van der Waals surface area (Å²) in [6.45, 7) is 6.41. The largest absolute Gasteiger partial charge is 0.381 e. The third kappa shape index (κ3) is 1.94. The van der Waals surface area contributed by atoms with Gasteiger partial charge in [-0.25, -0.2) is 0 Å². The molecule has 0 aromatic rings. The zero-order valence-corrected chi connectivity index (χ0v) is 7.83. The number of hydrogen-bond acceptors (Lipinski definition) is 2. The molecular weight excluding hydrogens is 140 g/mol. The van der Waals surface area contributed by atoms with E-state index in [1.54, 1.807) is 7.11 Å². The lowest BCUT2D eigenvalue weighted by atomic mass is 9.91. The lowest BCUT2D eigenvalue weighted by Crippen LogP contribution is -2.41. The summed E-state index contributed by atoms with van der Waals surface area (Å²) in [5.41, 5.74) is 0. The van der Waals surface area contributed by atoms with E-state index in [2.05, 4.69) is 20.8 Å². The van der Waals surface area contributed by atoms with Crippen LogP contribution in [0.1, 0.15) is 27.2 Å². The average molecular weight is 158 g/mol. The van der Waals surface area contributed by atoms with Gasteiger partial charge in [0.25, 0.3) is 0 Å². The van der Waals surface area contributed by atoms with E-state index in [1.807, 2.05) is 0 Å². The fourth-order valence-electron chi connectivity index (χ4n) is 1.70. The molecule has 0 spiro atoms. The van der Waals surface area contributed by atoms with Crippen molar-refractivity contribution in [3.8, 4) is 0 Å². The maximum atomic E-state index is 5.65. The minimum atomic E-state index is 0.337. The maximum absolute atomic E-state index is 5.65. The van der Waals surface area contributed by atoms with Gasteiger partial charge in [0.2, 0.25) is 0 Å². The molecule has 0 saturated carbocycles. The van der Waals surface area contributed by atoms with Crippen LogP contribution in [0.25, 0.3) is 0 Å². The Morgan fingerprint density at radius 1 is 1.27 bits per heavy atom. The molecule has 1 fully saturated rings. The summed E-state index contributed by atoms with van der Waals surface area (Å²) in [7, 11) is 1.78. The quantitative estimate of drug-likeness (QED) is 0.579. The highest BCUT2D eigenvalue weighted by Gasteiger charge is 2.31. The Morgan fingerprint density at radius 3 is 2.45 bits per heavy atom. The van der Waals surface area contributed by atoms with E-state index in [-0.39, 0.29) is 0 Å². The normalized spacial score (nSPS) is 45.8. The van der Waals surface area contributed by atoms with E-state index in [1.165, 1.54) is 0 Å². The van der Waals surface area contributed by atoms with E-state index >= 15 is 0 Å². The van der Waals surface area contributed by atoms with Crippen molar-refractivity contribution in [3.05, 3.63) is 0 Å². The highest BCUT2D eigenvalue weighted by molar-refractivity contribution is 4.79. The Kier molecular flexibility index (Phi) is 2.90. The van der Waals surface area contributed by atoms with Gasteiger partial charge in [0.05, 0.1) is 18.3 Å². The summed E-state index contributed by atoms with van der Waals surface area (Å²) >= 11 is 0. The molecule has 1 saturated heterocycles. The molecule has 4 atom stereocenters. The number of methoxy groups -OCH3 is 1. The van der Waals surface area contributed by atoms with Crippen molar-refractivity contribution in [2.75, 3.05) is 7.11 Å². The van der Waals surface area contributed by atoms with Crippen LogP contribution in [0.3, 0.4) is 0 Å². The minimum absolute atomic E-state index is 0.337. The zero-order chi connectivity index (χ0) is 8.43. The fourth-order valence-corrected chi connectivity index (χ4v) is 1.70. The van der Waals surface area contributed by atoms with Crippen LogP contribution in [0, 0.1) is 5.92 Å². The Hall–Kier alpha value is -0.0800. The molecule has 66 valence electrons. The molecule has 0 N–H and O–H groups in total. The van der Waals surface area contributed by atoms with Gasteiger partial charge in [-0.1, -0.05) is 6.92 Å². The number of hydrogen-bond donors (Lipinski definition) is 0. The topological polar surface area (TPSA) is 18.5 Å². The van der Waals surface area contributed by atoms with Gasteiger partial charge < -0.3 is 9.47 Å². The van der Waals surface area contributed by atoms with Crippen LogP contribution >= 0.6 is 0 Å². The van der Waals surface area contributed by atoms with Crippen molar-refractivity contribution >= 4 is 0 Å². The molecule has 2 heteroatoms. The van der Waals surface area contributed by atoms with Gasteiger partial charge in [0.1, 0.15) is 0 Å². The first-order chi connectivity index (χ1) is 5.15. The first-order valence-corrected chi connectivity index (χ1v) is 4.33. The van der Waals surface area contributed by atoms with Gasteiger partial charge in [-0.3, -0.25) is 0 Å². The van der Waals surface area contributed by atoms with Crippen LogP contribution in [-0.4, -0.2) is 25.4 Å². The third-order valence-corrected chi connectivity index (χ3v) is 2.64. The highest BCUT2D eigenvalue weighted by Crippen LogP contribution is 2.26. The summed E-state index contributed by atoms with van der Waals surface area (Å²) in [6, 6.07) is 0. The van der Waals surface area contributed by atoms with Crippen molar-refractivity contribution in [2.45, 2.75) is 45.5 Å². The lowest BCUT2D eigenvalue weighted by molar-refractivity contribution is -0.126. The Labute approximate surface area is 68.9 Å². The minimum Gasteiger partial charge on any atom is -0.381 e. The van der Waals surface area contributed by atoms with Crippen molar-refractivity contribution in [1.29, 1.82) is 0 Å². The third-order valence-electron chi connectivity index (χ3n) is 2.64. The number of ether oxygens (including phenoxy) is 2. The molecule has 3 unspecified atom stereocenters. The van der Waals surface area contributed by atoms with Gasteiger partial charge >= 0.3 is 0 Å². The van der Waals surface area contributed by atoms with Crippen molar-refractivity contribution < 1.29 is 9.47 Å². The van der Waals surface area contributed by atoms with Crippen LogP contribution in [0.5, 0.6) is 0 Å². The van der Waals surface area contributed by atoms with Crippen LogP contribution in [0.4, 0.5) is 0 Å². The van der Waals surface area contributed by atoms with Crippen molar-refractivity contribution in [3.63, 3.8) is 0 Å². The molecule has 1 heterocycles. The molecular formula is C9H18O2. The molecule has 2 nitrogen and oxygen atoms in total. The fraction of sp³-hybridized carbons (Fsp3) is 1.00. The monoisotopic (exact) mass is 158 g/mol. The molecule has 0 amide bonds. The van der Waals surface area contributed by atoms with Gasteiger partial charge in [0.15, 0.2) is 0 Å². The van der Waals surface area contributed by atoms with Gasteiger partial charge in [-0.05, 0) is 20.3 Å². The number of rotatable bonds is 1. The Morgan fingerprint density at radius 2 is 1.91 bits per heavy atom. The molecule has 0 radical (unpaired) electrons. The molecule has 11 heavy (non-hydrogen) atoms. The molecule has 1 rings (SSSR count). The average Bonchev–Trinajstić information content (AvgIpc) is 1.96. The van der Waals surface area contributed by atoms with E-state index in [4.69, 9.17) is 9.47 Å². The molecule has 1 aliphatic heterocycles. The van der Waals surface area contributed by atoms with Gasteiger partial charge in [-0.2, -0.15) is 0 Å². The first-order valence-electron chi connectivity index (χ1n) is 4.33. The maximum Gasteiger partial charge on any atom is 0.0646 e. The predicted octanol–water partition coefficient (Wildman–Crippen LogP) is 1.83. The summed E-state index contributed by atoms with van der Waals surface area (Å²) in [5.74, 6) is 0.524. The van der Waals surface area contributed by atoms with E-state index in [9.17, 15) is 0 Å². The molecule has 0 aliphatic carbocycles. The standard InChI is InChI=1S/C9H18O2/c1-6-5-9(10-4)7(2)8(3)11-6/h6-9H,5H2,1-4H3/t6?,7-,8?,9?/m0/s1. The highest BCUT2D eigenvalue weighted by atomic mass is 16.5. The lowest BCUT2D eigenvalue weighted by Gasteiger charge is -2.36. The van der Waals surface area contributed by atoms with E-state index in [0.717, 1.165) is 6.42 Å². The SMILES string of the molecule is COC1CC(C)OC(C)[C@@H]1C. The van der Waals surface area contributed by atoms with Crippen LogP contribution in [0.2, 0.25) is 0 Å². The van der Waals surface area contributed by atoms with E-state index < -0.39 is 0 Å².